The highest BCUT2D eigenvalue weighted by molar-refractivity contribution is 5.98. The van der Waals surface area contributed by atoms with Crippen LogP contribution >= 0.6 is 0 Å². The Morgan fingerprint density at radius 3 is 2.61 bits per heavy atom. The molecular formula is C30H36N4O4. The quantitative estimate of drug-likeness (QED) is 0.437. The van der Waals surface area contributed by atoms with Gasteiger partial charge < -0.3 is 14.8 Å². The molecule has 2 heterocycles. The molecule has 1 aliphatic heterocycles. The highest BCUT2D eigenvalue weighted by atomic mass is 16.6. The molecule has 0 radical (unpaired) electrons. The minimum Gasteiger partial charge on any atom is -0.492 e. The SMILES string of the molecule is Cc1ccc(OC[C@@H]2CCN2C)cc1C(=O)NC1(c2cc(NC(=O)OC(C)(C)C)cc3ncccc23)CC1. The van der Waals surface area contributed by atoms with E-state index in [4.69, 9.17) is 9.47 Å². The van der Waals surface area contributed by atoms with Crippen LogP contribution in [0.1, 0.15) is 61.5 Å². The number of likely N-dealkylation sites (tertiary alicyclic amines) is 1. The van der Waals surface area contributed by atoms with E-state index in [1.165, 1.54) is 0 Å². The number of likely N-dealkylation sites (N-methyl/N-ethyl adjacent to an activating group) is 1. The third-order valence-corrected chi connectivity index (χ3v) is 7.32. The lowest BCUT2D eigenvalue weighted by Crippen LogP contribution is -2.48. The number of amides is 2. The van der Waals surface area contributed by atoms with Crippen molar-refractivity contribution in [2.75, 3.05) is 25.5 Å². The van der Waals surface area contributed by atoms with Crippen molar-refractivity contribution in [3.05, 3.63) is 65.4 Å². The van der Waals surface area contributed by atoms with Crippen LogP contribution in [0.15, 0.2) is 48.7 Å². The van der Waals surface area contributed by atoms with Gasteiger partial charge in [0.2, 0.25) is 0 Å². The summed E-state index contributed by atoms with van der Waals surface area (Å²) >= 11 is 0. The number of carbonyl (C=O) groups excluding carboxylic acids is 2. The molecule has 0 spiro atoms. The normalized spacial score (nSPS) is 18.4. The van der Waals surface area contributed by atoms with Crippen molar-refractivity contribution in [2.45, 2.75) is 64.1 Å². The van der Waals surface area contributed by atoms with Gasteiger partial charge in [-0.25, -0.2) is 4.79 Å². The molecule has 2 aliphatic rings. The molecule has 2 amide bonds. The second kappa shape index (κ2) is 9.91. The number of hydrogen-bond acceptors (Lipinski definition) is 6. The summed E-state index contributed by atoms with van der Waals surface area (Å²) in [4.78, 5) is 32.8. The standard InChI is InChI=1S/C30H36N4O4/c1-19-8-9-22(37-18-21-10-14-34(21)5)17-24(19)27(35)33-30(11-12-30)25-15-20(32-28(36)38-29(2,3)4)16-26-23(25)7-6-13-31-26/h6-9,13,15-17,21H,10-12,14,18H2,1-5H3,(H,32,36)(H,33,35)/t21-/m0/s1. The van der Waals surface area contributed by atoms with E-state index in [-0.39, 0.29) is 5.91 Å². The van der Waals surface area contributed by atoms with Crippen LogP contribution in [-0.4, -0.2) is 53.7 Å². The van der Waals surface area contributed by atoms with E-state index in [1.54, 1.807) is 6.20 Å². The van der Waals surface area contributed by atoms with Crippen LogP contribution in [0.5, 0.6) is 5.75 Å². The second-order valence-electron chi connectivity index (χ2n) is 11.5. The molecule has 8 nitrogen and oxygen atoms in total. The van der Waals surface area contributed by atoms with Crippen molar-refractivity contribution < 1.29 is 19.1 Å². The molecule has 2 aromatic carbocycles. The Kier molecular flexibility index (Phi) is 6.77. The Bertz CT molecular complexity index is 1380. The monoisotopic (exact) mass is 516 g/mol. The van der Waals surface area contributed by atoms with E-state index in [2.05, 4.69) is 27.6 Å². The molecule has 1 aromatic heterocycles. The Morgan fingerprint density at radius 1 is 1.16 bits per heavy atom. The maximum Gasteiger partial charge on any atom is 0.412 e. The molecule has 0 bridgehead atoms. The molecule has 8 heteroatoms. The lowest BCUT2D eigenvalue weighted by Gasteiger charge is -2.37. The van der Waals surface area contributed by atoms with Crippen LogP contribution in [0, 0.1) is 6.92 Å². The van der Waals surface area contributed by atoms with Gasteiger partial charge in [-0.1, -0.05) is 12.1 Å². The van der Waals surface area contributed by atoms with Gasteiger partial charge in [-0.05, 0) is 102 Å². The molecule has 1 atom stereocenters. The van der Waals surface area contributed by atoms with Crippen LogP contribution < -0.4 is 15.4 Å². The summed E-state index contributed by atoms with van der Waals surface area (Å²) in [6.07, 6.45) is 3.90. The van der Waals surface area contributed by atoms with Crippen molar-refractivity contribution >= 4 is 28.6 Å². The number of ether oxygens (including phenoxy) is 2. The van der Waals surface area contributed by atoms with Crippen molar-refractivity contribution in [1.29, 1.82) is 0 Å². The first-order chi connectivity index (χ1) is 18.0. The number of nitrogens with one attached hydrogen (secondary N) is 2. The first kappa shape index (κ1) is 26.0. The third kappa shape index (κ3) is 5.60. The van der Waals surface area contributed by atoms with Crippen LogP contribution in [0.25, 0.3) is 10.9 Å². The fraction of sp³-hybridized carbons (Fsp3) is 0.433. The first-order valence-corrected chi connectivity index (χ1v) is 13.2. The Hall–Kier alpha value is -3.65. The highest BCUT2D eigenvalue weighted by Crippen LogP contribution is 2.49. The predicted molar refractivity (Wildman–Crippen MR) is 148 cm³/mol. The summed E-state index contributed by atoms with van der Waals surface area (Å²) in [5.74, 6) is 0.554. The molecular weight excluding hydrogens is 480 g/mol. The molecule has 200 valence electrons. The summed E-state index contributed by atoms with van der Waals surface area (Å²) in [6.45, 7) is 9.10. The summed E-state index contributed by atoms with van der Waals surface area (Å²) in [7, 11) is 2.10. The number of hydrogen-bond donors (Lipinski definition) is 2. The van der Waals surface area contributed by atoms with E-state index in [9.17, 15) is 9.59 Å². The molecule has 38 heavy (non-hydrogen) atoms. The molecule has 2 N–H and O–H groups in total. The average Bonchev–Trinajstić information content (AvgIpc) is 3.62. The number of pyridine rings is 1. The third-order valence-electron chi connectivity index (χ3n) is 7.32. The minimum atomic E-state index is -0.613. The topological polar surface area (TPSA) is 92.8 Å². The van der Waals surface area contributed by atoms with E-state index in [0.29, 0.717) is 29.6 Å². The van der Waals surface area contributed by atoms with Crippen molar-refractivity contribution in [3.8, 4) is 5.75 Å². The maximum absolute atomic E-state index is 13.6. The molecule has 3 aromatic rings. The number of carbonyl (C=O) groups is 2. The zero-order valence-corrected chi connectivity index (χ0v) is 22.8. The number of nitrogens with zero attached hydrogens (tertiary/aromatic N) is 2. The average molecular weight is 517 g/mol. The summed E-state index contributed by atoms with van der Waals surface area (Å²) in [6, 6.07) is 13.7. The minimum absolute atomic E-state index is 0.145. The molecule has 1 saturated heterocycles. The van der Waals surface area contributed by atoms with Gasteiger partial charge in [-0.3, -0.25) is 20.0 Å². The van der Waals surface area contributed by atoms with Gasteiger partial charge in [0, 0.05) is 28.9 Å². The number of anilines is 1. The van der Waals surface area contributed by atoms with Gasteiger partial charge in [-0.2, -0.15) is 0 Å². The fourth-order valence-electron chi connectivity index (χ4n) is 4.85. The number of benzene rings is 2. The zero-order valence-electron chi connectivity index (χ0n) is 22.8. The lowest BCUT2D eigenvalue weighted by atomic mass is 9.97. The van der Waals surface area contributed by atoms with Crippen molar-refractivity contribution in [2.24, 2.45) is 0 Å². The van der Waals surface area contributed by atoms with E-state index >= 15 is 0 Å². The molecule has 5 rings (SSSR count). The van der Waals surface area contributed by atoms with Crippen LogP contribution in [0.2, 0.25) is 0 Å². The Labute approximate surface area is 223 Å². The second-order valence-corrected chi connectivity index (χ2v) is 11.5. The summed E-state index contributed by atoms with van der Waals surface area (Å²) < 4.78 is 11.5. The van der Waals surface area contributed by atoms with Gasteiger partial charge >= 0.3 is 6.09 Å². The maximum atomic E-state index is 13.6. The van der Waals surface area contributed by atoms with E-state index in [0.717, 1.165) is 47.8 Å². The Balaban J connectivity index is 1.39. The summed E-state index contributed by atoms with van der Waals surface area (Å²) in [5.41, 5.74) is 2.58. The molecule has 2 fully saturated rings. The predicted octanol–water partition coefficient (Wildman–Crippen LogP) is 5.39. The van der Waals surface area contributed by atoms with Gasteiger partial charge in [0.25, 0.3) is 5.91 Å². The van der Waals surface area contributed by atoms with Crippen LogP contribution in [-0.2, 0) is 10.3 Å². The van der Waals surface area contributed by atoms with Gasteiger partial charge in [0.05, 0.1) is 11.1 Å². The van der Waals surface area contributed by atoms with Crippen LogP contribution in [0.3, 0.4) is 0 Å². The molecule has 0 unspecified atom stereocenters. The zero-order chi connectivity index (χ0) is 27.1. The van der Waals surface area contributed by atoms with Gasteiger partial charge in [-0.15, -0.1) is 0 Å². The molecule has 1 aliphatic carbocycles. The number of fused-ring (bicyclic) bond motifs is 1. The van der Waals surface area contributed by atoms with Crippen molar-refractivity contribution in [3.63, 3.8) is 0 Å². The molecule has 1 saturated carbocycles. The van der Waals surface area contributed by atoms with Gasteiger partial charge in [0.15, 0.2) is 0 Å². The highest BCUT2D eigenvalue weighted by Gasteiger charge is 2.47. The number of rotatable bonds is 7. The van der Waals surface area contributed by atoms with E-state index in [1.807, 2.05) is 70.2 Å². The van der Waals surface area contributed by atoms with Crippen molar-refractivity contribution in [1.82, 2.24) is 15.2 Å². The van der Waals surface area contributed by atoms with E-state index < -0.39 is 17.2 Å². The van der Waals surface area contributed by atoms with Gasteiger partial charge in [0.1, 0.15) is 18.0 Å². The number of aromatic nitrogens is 1. The van der Waals surface area contributed by atoms with Crippen LogP contribution in [0.4, 0.5) is 10.5 Å². The first-order valence-electron chi connectivity index (χ1n) is 13.2. The Morgan fingerprint density at radius 2 is 1.95 bits per heavy atom. The summed E-state index contributed by atoms with van der Waals surface area (Å²) in [5, 5.41) is 7.08. The lowest BCUT2D eigenvalue weighted by molar-refractivity contribution is 0.0635. The smallest absolute Gasteiger partial charge is 0.412 e. The number of aryl methyl sites for hydroxylation is 1. The largest absolute Gasteiger partial charge is 0.492 e. The fourth-order valence-corrected chi connectivity index (χ4v) is 4.85.